The molecule has 4 rings (SSSR count). The van der Waals surface area contributed by atoms with Crippen LogP contribution in [-0.2, 0) is 25.8 Å². The quantitative estimate of drug-likeness (QED) is 0.656. The van der Waals surface area contributed by atoms with Crippen molar-refractivity contribution in [1.29, 1.82) is 0 Å². The van der Waals surface area contributed by atoms with E-state index in [9.17, 15) is 9.59 Å². The van der Waals surface area contributed by atoms with Gasteiger partial charge in [0.25, 0.3) is 5.56 Å². The number of benzene rings is 1. The molecule has 4 nitrogen and oxygen atoms in total. The number of hydrogen-bond donors (Lipinski definition) is 0. The number of carbonyl (C=O) groups excluding carboxylic acids is 1. The summed E-state index contributed by atoms with van der Waals surface area (Å²) in [5, 5.41) is 0.743. The molecule has 0 amide bonds. The summed E-state index contributed by atoms with van der Waals surface area (Å²) < 4.78 is 1.59. The SMILES string of the molecule is CCc1nc2sc3c(c2c(=O)n1CC(=O)c1ccc(C)c(C)c1)CCC3. The molecular formula is C21H22N2O2S. The van der Waals surface area contributed by atoms with E-state index in [0.717, 1.165) is 46.2 Å². The Bertz CT molecular complexity index is 1090. The maximum Gasteiger partial charge on any atom is 0.262 e. The highest BCUT2D eigenvalue weighted by molar-refractivity contribution is 7.18. The molecule has 0 radical (unpaired) electrons. The van der Waals surface area contributed by atoms with Gasteiger partial charge in [0.1, 0.15) is 10.7 Å². The predicted octanol–water partition coefficient (Wildman–Crippen LogP) is 4.01. The Balaban J connectivity index is 1.80. The van der Waals surface area contributed by atoms with Crippen LogP contribution in [0.15, 0.2) is 23.0 Å². The molecule has 0 spiro atoms. The lowest BCUT2D eigenvalue weighted by Gasteiger charge is -2.12. The molecule has 134 valence electrons. The summed E-state index contributed by atoms with van der Waals surface area (Å²) in [5.41, 5.74) is 4.01. The molecule has 0 bridgehead atoms. The summed E-state index contributed by atoms with van der Waals surface area (Å²) in [5.74, 6) is 0.650. The highest BCUT2D eigenvalue weighted by Gasteiger charge is 2.23. The van der Waals surface area contributed by atoms with Crippen LogP contribution >= 0.6 is 11.3 Å². The van der Waals surface area contributed by atoms with Crippen molar-refractivity contribution in [3.8, 4) is 0 Å². The van der Waals surface area contributed by atoms with Crippen molar-refractivity contribution < 1.29 is 4.79 Å². The third-order valence-corrected chi connectivity index (χ3v) is 6.54. The van der Waals surface area contributed by atoms with Crippen molar-refractivity contribution in [2.24, 2.45) is 0 Å². The zero-order chi connectivity index (χ0) is 18.4. The molecule has 3 aromatic rings. The first-order valence-electron chi connectivity index (χ1n) is 9.14. The summed E-state index contributed by atoms with van der Waals surface area (Å²) in [6, 6.07) is 5.71. The fourth-order valence-corrected chi connectivity index (χ4v) is 4.97. The van der Waals surface area contributed by atoms with Gasteiger partial charge in [0, 0.05) is 16.9 Å². The van der Waals surface area contributed by atoms with Gasteiger partial charge < -0.3 is 0 Å². The minimum Gasteiger partial charge on any atom is -0.292 e. The van der Waals surface area contributed by atoms with Gasteiger partial charge in [-0.1, -0.05) is 19.1 Å². The highest BCUT2D eigenvalue weighted by atomic mass is 32.1. The van der Waals surface area contributed by atoms with Crippen molar-refractivity contribution >= 4 is 27.3 Å². The average molecular weight is 366 g/mol. The van der Waals surface area contributed by atoms with Gasteiger partial charge in [-0.05, 0) is 55.9 Å². The van der Waals surface area contributed by atoms with E-state index in [1.807, 2.05) is 39.0 Å². The fraction of sp³-hybridized carbons (Fsp3) is 0.381. The van der Waals surface area contributed by atoms with Gasteiger partial charge in [-0.3, -0.25) is 14.2 Å². The highest BCUT2D eigenvalue weighted by Crippen LogP contribution is 2.34. The molecule has 26 heavy (non-hydrogen) atoms. The molecule has 0 fully saturated rings. The standard InChI is InChI=1S/C21H22N2O2S/c1-4-18-22-20-19(15-6-5-7-17(15)26-20)21(25)23(18)11-16(24)14-9-8-12(2)13(3)10-14/h8-10H,4-7,11H2,1-3H3. The number of rotatable bonds is 4. The number of aryl methyl sites for hydroxylation is 5. The molecule has 0 N–H and O–H groups in total. The Morgan fingerprint density at radius 2 is 2.04 bits per heavy atom. The number of fused-ring (bicyclic) bond motifs is 3. The molecule has 0 atom stereocenters. The maximum atomic E-state index is 13.2. The minimum atomic E-state index is -0.0524. The van der Waals surface area contributed by atoms with Crippen LogP contribution < -0.4 is 5.56 Å². The molecule has 0 saturated heterocycles. The number of hydrogen-bond acceptors (Lipinski definition) is 4. The van der Waals surface area contributed by atoms with E-state index in [0.29, 0.717) is 17.8 Å². The van der Waals surface area contributed by atoms with Gasteiger partial charge in [0.2, 0.25) is 0 Å². The van der Waals surface area contributed by atoms with Gasteiger partial charge in [-0.25, -0.2) is 4.98 Å². The zero-order valence-corrected chi connectivity index (χ0v) is 16.2. The third kappa shape index (κ3) is 2.71. The smallest absolute Gasteiger partial charge is 0.262 e. The molecule has 0 saturated carbocycles. The molecule has 0 aliphatic heterocycles. The van der Waals surface area contributed by atoms with Crippen molar-refractivity contribution in [3.05, 3.63) is 61.5 Å². The molecule has 0 unspecified atom stereocenters. The van der Waals surface area contributed by atoms with Crippen LogP contribution in [0.25, 0.3) is 10.2 Å². The Hall–Kier alpha value is -2.27. The van der Waals surface area contributed by atoms with E-state index >= 15 is 0 Å². The van der Waals surface area contributed by atoms with Crippen LogP contribution in [0.2, 0.25) is 0 Å². The van der Waals surface area contributed by atoms with Gasteiger partial charge in [0.05, 0.1) is 11.9 Å². The Morgan fingerprint density at radius 1 is 1.23 bits per heavy atom. The van der Waals surface area contributed by atoms with Gasteiger partial charge >= 0.3 is 0 Å². The molecule has 1 aliphatic carbocycles. The van der Waals surface area contributed by atoms with Crippen LogP contribution in [0.5, 0.6) is 0 Å². The second-order valence-corrected chi connectivity index (χ2v) is 8.12. The summed E-state index contributed by atoms with van der Waals surface area (Å²) in [6.07, 6.45) is 3.73. The first-order chi connectivity index (χ1) is 12.5. The molecule has 1 aromatic carbocycles. The van der Waals surface area contributed by atoms with E-state index in [1.54, 1.807) is 15.9 Å². The van der Waals surface area contributed by atoms with E-state index in [4.69, 9.17) is 4.98 Å². The normalized spacial score (nSPS) is 13.3. The summed E-state index contributed by atoms with van der Waals surface area (Å²) in [4.78, 5) is 32.9. The number of nitrogens with zero attached hydrogens (tertiary/aromatic N) is 2. The Labute approximate surface area is 156 Å². The number of ketones is 1. The van der Waals surface area contributed by atoms with Crippen LogP contribution in [0.4, 0.5) is 0 Å². The Morgan fingerprint density at radius 3 is 2.77 bits per heavy atom. The summed E-state index contributed by atoms with van der Waals surface area (Å²) in [7, 11) is 0. The summed E-state index contributed by atoms with van der Waals surface area (Å²) in [6.45, 7) is 6.06. The number of carbonyl (C=O) groups is 1. The number of aromatic nitrogens is 2. The van der Waals surface area contributed by atoms with Crippen LogP contribution in [0.1, 0.15) is 51.1 Å². The lowest BCUT2D eigenvalue weighted by Crippen LogP contribution is -2.28. The van der Waals surface area contributed by atoms with Crippen molar-refractivity contribution in [3.63, 3.8) is 0 Å². The van der Waals surface area contributed by atoms with Crippen molar-refractivity contribution in [2.75, 3.05) is 0 Å². The second kappa shape index (κ2) is 6.47. The van der Waals surface area contributed by atoms with E-state index in [-0.39, 0.29) is 17.9 Å². The third-order valence-electron chi connectivity index (χ3n) is 5.35. The largest absolute Gasteiger partial charge is 0.292 e. The van der Waals surface area contributed by atoms with E-state index in [2.05, 4.69) is 0 Å². The first kappa shape index (κ1) is 17.2. The minimum absolute atomic E-state index is 0.0436. The maximum absolute atomic E-state index is 13.2. The van der Waals surface area contributed by atoms with E-state index < -0.39 is 0 Å². The van der Waals surface area contributed by atoms with Crippen LogP contribution in [0.3, 0.4) is 0 Å². The molecule has 5 heteroatoms. The zero-order valence-electron chi connectivity index (χ0n) is 15.4. The molecule has 2 aromatic heterocycles. The van der Waals surface area contributed by atoms with E-state index in [1.165, 1.54) is 4.88 Å². The predicted molar refractivity (Wildman–Crippen MR) is 106 cm³/mol. The fourth-order valence-electron chi connectivity index (χ4n) is 3.70. The van der Waals surface area contributed by atoms with Gasteiger partial charge in [0.15, 0.2) is 5.78 Å². The summed E-state index contributed by atoms with van der Waals surface area (Å²) >= 11 is 1.65. The topological polar surface area (TPSA) is 52.0 Å². The van der Waals surface area contributed by atoms with Crippen LogP contribution in [0, 0.1) is 13.8 Å². The van der Waals surface area contributed by atoms with Gasteiger partial charge in [-0.2, -0.15) is 0 Å². The van der Waals surface area contributed by atoms with Crippen molar-refractivity contribution in [2.45, 2.75) is 53.0 Å². The first-order valence-corrected chi connectivity index (χ1v) is 9.95. The lowest BCUT2D eigenvalue weighted by molar-refractivity contribution is 0.0969. The Kier molecular flexibility index (Phi) is 4.27. The lowest BCUT2D eigenvalue weighted by atomic mass is 10.0. The molecule has 2 heterocycles. The van der Waals surface area contributed by atoms with Crippen molar-refractivity contribution in [1.82, 2.24) is 9.55 Å². The second-order valence-electron chi connectivity index (χ2n) is 7.03. The number of Topliss-reactive ketones (excluding diaryl/α,β-unsaturated/α-hetero) is 1. The van der Waals surface area contributed by atoms with Gasteiger partial charge in [-0.15, -0.1) is 11.3 Å². The molecule has 1 aliphatic rings. The average Bonchev–Trinajstić information content (AvgIpc) is 3.20. The monoisotopic (exact) mass is 366 g/mol. The number of thiophene rings is 1. The van der Waals surface area contributed by atoms with Crippen LogP contribution in [-0.4, -0.2) is 15.3 Å². The molecular weight excluding hydrogens is 344 g/mol.